The number of rotatable bonds is 3. The molecule has 2 N–H and O–H groups in total. The molecule has 0 aliphatic carbocycles. The molecule has 0 spiro atoms. The Labute approximate surface area is 154 Å². The fourth-order valence-corrected chi connectivity index (χ4v) is 3.01. The molecule has 2 heterocycles. The summed E-state index contributed by atoms with van der Waals surface area (Å²) in [5.74, 6) is 1.05. The molecule has 0 saturated carbocycles. The van der Waals surface area contributed by atoms with Crippen LogP contribution in [0.2, 0.25) is 0 Å². The van der Waals surface area contributed by atoms with Crippen molar-refractivity contribution in [1.82, 2.24) is 20.1 Å². The van der Waals surface area contributed by atoms with E-state index in [1.165, 1.54) is 12.1 Å². The summed E-state index contributed by atoms with van der Waals surface area (Å²) in [4.78, 5) is 6.22. The molecule has 144 valence electrons. The van der Waals surface area contributed by atoms with Crippen molar-refractivity contribution in [3.63, 3.8) is 0 Å². The first-order chi connectivity index (χ1) is 12.8. The van der Waals surface area contributed by atoms with E-state index in [1.54, 1.807) is 12.2 Å². The number of aromatic amines is 1. The standard InChI is InChI=1S/C18H20F3N5O/c1-11-9-27-10-12(2)26(11)15(22)7-8-16-23-17(25-24-16)13-3-5-14(6-4-13)18(19,20)21/h3-8,11-12,22H,9-10H2,1-2H3,(H,23,24,25). The molecule has 2 unspecified atom stereocenters. The van der Waals surface area contributed by atoms with Gasteiger partial charge in [0.1, 0.15) is 11.7 Å². The lowest BCUT2D eigenvalue weighted by Crippen LogP contribution is -2.51. The Morgan fingerprint density at radius 3 is 2.44 bits per heavy atom. The van der Waals surface area contributed by atoms with Crippen LogP contribution < -0.4 is 0 Å². The number of morpholine rings is 1. The van der Waals surface area contributed by atoms with Gasteiger partial charge in [-0.3, -0.25) is 10.5 Å². The van der Waals surface area contributed by atoms with Crippen LogP contribution in [0.15, 0.2) is 30.3 Å². The average molecular weight is 379 g/mol. The van der Waals surface area contributed by atoms with Gasteiger partial charge in [-0.15, -0.1) is 0 Å². The number of alkyl halides is 3. The predicted octanol–water partition coefficient (Wildman–Crippen LogP) is 3.59. The van der Waals surface area contributed by atoms with Crippen molar-refractivity contribution in [3.8, 4) is 11.4 Å². The summed E-state index contributed by atoms with van der Waals surface area (Å²) in [6, 6.07) is 4.86. The summed E-state index contributed by atoms with van der Waals surface area (Å²) < 4.78 is 43.4. The lowest BCUT2D eigenvalue weighted by molar-refractivity contribution is -0.137. The molecule has 2 atom stereocenters. The predicted molar refractivity (Wildman–Crippen MR) is 95.2 cm³/mol. The van der Waals surface area contributed by atoms with E-state index in [0.29, 0.717) is 36.3 Å². The highest BCUT2D eigenvalue weighted by molar-refractivity contribution is 5.94. The Kier molecular flexibility index (Phi) is 5.31. The third kappa shape index (κ3) is 4.36. The second kappa shape index (κ2) is 7.51. The van der Waals surface area contributed by atoms with E-state index in [-0.39, 0.29) is 12.1 Å². The van der Waals surface area contributed by atoms with Crippen LogP contribution >= 0.6 is 0 Å². The maximum Gasteiger partial charge on any atom is 0.416 e. The smallest absolute Gasteiger partial charge is 0.377 e. The monoisotopic (exact) mass is 379 g/mol. The fourth-order valence-electron chi connectivity index (χ4n) is 3.01. The van der Waals surface area contributed by atoms with Gasteiger partial charge in [0.2, 0.25) is 0 Å². The number of amidine groups is 1. The van der Waals surface area contributed by atoms with E-state index in [2.05, 4.69) is 15.2 Å². The van der Waals surface area contributed by atoms with Gasteiger partial charge in [0.15, 0.2) is 5.82 Å². The quantitative estimate of drug-likeness (QED) is 0.631. The van der Waals surface area contributed by atoms with E-state index >= 15 is 0 Å². The highest BCUT2D eigenvalue weighted by Gasteiger charge is 2.30. The number of benzene rings is 1. The minimum absolute atomic E-state index is 0.100. The van der Waals surface area contributed by atoms with Gasteiger partial charge >= 0.3 is 6.18 Å². The van der Waals surface area contributed by atoms with Crippen molar-refractivity contribution in [3.05, 3.63) is 41.7 Å². The first kappa shape index (κ1) is 19.1. The number of nitrogens with zero attached hydrogens (tertiary/aromatic N) is 3. The zero-order chi connectivity index (χ0) is 19.6. The highest BCUT2D eigenvalue weighted by atomic mass is 19.4. The average Bonchev–Trinajstić information content (AvgIpc) is 3.08. The molecular weight excluding hydrogens is 359 g/mol. The largest absolute Gasteiger partial charge is 0.416 e. The van der Waals surface area contributed by atoms with Crippen molar-refractivity contribution in [1.29, 1.82) is 5.41 Å². The van der Waals surface area contributed by atoms with Gasteiger partial charge < -0.3 is 9.64 Å². The van der Waals surface area contributed by atoms with Gasteiger partial charge in [0, 0.05) is 5.56 Å². The molecule has 3 rings (SSSR count). The molecule has 1 fully saturated rings. The zero-order valence-electron chi connectivity index (χ0n) is 14.9. The maximum atomic E-state index is 12.6. The van der Waals surface area contributed by atoms with E-state index in [1.807, 2.05) is 18.7 Å². The first-order valence-corrected chi connectivity index (χ1v) is 8.48. The molecule has 1 saturated heterocycles. The van der Waals surface area contributed by atoms with Crippen LogP contribution in [-0.4, -0.2) is 51.2 Å². The molecule has 0 bridgehead atoms. The van der Waals surface area contributed by atoms with E-state index in [0.717, 1.165) is 12.1 Å². The number of hydrogen-bond donors (Lipinski definition) is 2. The van der Waals surface area contributed by atoms with Gasteiger partial charge in [-0.2, -0.15) is 18.3 Å². The third-order valence-corrected chi connectivity index (χ3v) is 4.32. The Morgan fingerprint density at radius 2 is 1.85 bits per heavy atom. The topological polar surface area (TPSA) is 77.9 Å². The molecule has 1 aromatic carbocycles. The van der Waals surface area contributed by atoms with Crippen LogP contribution in [0.5, 0.6) is 0 Å². The maximum absolute atomic E-state index is 12.6. The van der Waals surface area contributed by atoms with Crippen molar-refractivity contribution in [2.24, 2.45) is 0 Å². The van der Waals surface area contributed by atoms with Crippen molar-refractivity contribution in [2.45, 2.75) is 32.1 Å². The molecule has 27 heavy (non-hydrogen) atoms. The molecular formula is C18H20F3N5O. The number of ether oxygens (including phenoxy) is 1. The Bertz CT molecular complexity index is 818. The van der Waals surface area contributed by atoms with Crippen LogP contribution in [0.25, 0.3) is 17.5 Å². The molecule has 6 nitrogen and oxygen atoms in total. The fraction of sp³-hybridized carbons (Fsp3) is 0.389. The van der Waals surface area contributed by atoms with Crippen LogP contribution in [0.4, 0.5) is 13.2 Å². The lowest BCUT2D eigenvalue weighted by atomic mass is 10.1. The lowest BCUT2D eigenvalue weighted by Gasteiger charge is -2.39. The highest BCUT2D eigenvalue weighted by Crippen LogP contribution is 2.30. The summed E-state index contributed by atoms with van der Waals surface area (Å²) in [6.45, 7) is 5.13. The van der Waals surface area contributed by atoms with Crippen molar-refractivity contribution in [2.75, 3.05) is 13.2 Å². The summed E-state index contributed by atoms with van der Waals surface area (Å²) >= 11 is 0. The number of halogens is 3. The van der Waals surface area contributed by atoms with Gasteiger partial charge in [0.25, 0.3) is 0 Å². The number of aromatic nitrogens is 3. The van der Waals surface area contributed by atoms with Crippen molar-refractivity contribution >= 4 is 11.9 Å². The second-order valence-corrected chi connectivity index (χ2v) is 6.48. The van der Waals surface area contributed by atoms with Gasteiger partial charge in [-0.1, -0.05) is 12.1 Å². The first-order valence-electron chi connectivity index (χ1n) is 8.48. The molecule has 0 amide bonds. The van der Waals surface area contributed by atoms with Gasteiger partial charge in [-0.05, 0) is 38.1 Å². The summed E-state index contributed by atoms with van der Waals surface area (Å²) in [6.07, 6.45) is -1.13. The summed E-state index contributed by atoms with van der Waals surface area (Å²) in [5.41, 5.74) is -0.242. The van der Waals surface area contributed by atoms with Crippen LogP contribution in [0.3, 0.4) is 0 Å². The normalized spacial score (nSPS) is 21.0. The molecule has 9 heteroatoms. The molecule has 1 aliphatic rings. The van der Waals surface area contributed by atoms with Crippen LogP contribution in [-0.2, 0) is 10.9 Å². The molecule has 1 aromatic heterocycles. The Balaban J connectivity index is 1.70. The van der Waals surface area contributed by atoms with Gasteiger partial charge in [0.05, 0.1) is 30.9 Å². The Hall–Kier alpha value is -2.68. The number of nitrogens with one attached hydrogen (secondary N) is 2. The van der Waals surface area contributed by atoms with E-state index < -0.39 is 11.7 Å². The molecule has 2 aromatic rings. The Morgan fingerprint density at radius 1 is 1.22 bits per heavy atom. The van der Waals surface area contributed by atoms with E-state index in [9.17, 15) is 13.2 Å². The SMILES string of the molecule is CC1COCC(C)N1C(=N)C=Cc1nc(-c2ccc(C(F)(F)F)cc2)n[nH]1. The van der Waals surface area contributed by atoms with Crippen molar-refractivity contribution < 1.29 is 17.9 Å². The van der Waals surface area contributed by atoms with Crippen LogP contribution in [0, 0.1) is 5.41 Å². The van der Waals surface area contributed by atoms with E-state index in [4.69, 9.17) is 10.1 Å². The van der Waals surface area contributed by atoms with Crippen LogP contribution in [0.1, 0.15) is 25.2 Å². The zero-order valence-corrected chi connectivity index (χ0v) is 14.9. The van der Waals surface area contributed by atoms with Gasteiger partial charge in [-0.25, -0.2) is 4.98 Å². The minimum Gasteiger partial charge on any atom is -0.377 e. The third-order valence-electron chi connectivity index (χ3n) is 4.32. The summed E-state index contributed by atoms with van der Waals surface area (Å²) in [5, 5.41) is 15.0. The minimum atomic E-state index is -4.38. The summed E-state index contributed by atoms with van der Waals surface area (Å²) in [7, 11) is 0. The molecule has 0 radical (unpaired) electrons. The molecule has 1 aliphatic heterocycles. The number of hydrogen-bond acceptors (Lipinski definition) is 4. The number of H-pyrrole nitrogens is 1. The second-order valence-electron chi connectivity index (χ2n) is 6.48.